The number of hydrogen-bond donors (Lipinski definition) is 0. The molecule has 3 radical (unpaired) electrons. The second-order valence-corrected chi connectivity index (χ2v) is 8.24. The maximum atomic E-state index is 2.97. The minimum absolute atomic E-state index is 0. The number of hydrogen-bond acceptors (Lipinski definition) is 0. The predicted molar refractivity (Wildman–Crippen MR) is 151 cm³/mol. The van der Waals surface area contributed by atoms with Crippen LogP contribution in [0.1, 0.15) is 50.3 Å². The molecule has 0 saturated heterocycles. The Labute approximate surface area is 254 Å². The van der Waals surface area contributed by atoms with Gasteiger partial charge in [0.15, 0.2) is 0 Å². The Kier molecular flexibility index (Phi) is 19.1. The Morgan fingerprint density at radius 1 is 0.639 bits per heavy atom. The maximum Gasteiger partial charge on any atom is 4.00 e. The topological polar surface area (TPSA) is 0 Å². The van der Waals surface area contributed by atoms with E-state index in [2.05, 4.69) is 129 Å². The third kappa shape index (κ3) is 9.46. The van der Waals surface area contributed by atoms with Crippen LogP contribution in [0.25, 0.3) is 32.7 Å². The molecule has 5 aromatic rings. The van der Waals surface area contributed by atoms with Crippen LogP contribution in [0, 0.1) is 13.8 Å². The summed E-state index contributed by atoms with van der Waals surface area (Å²) in [4.78, 5) is 0. The molecular formula is C32H37Cl2SiZr. The third-order valence-electron chi connectivity index (χ3n) is 5.53. The van der Waals surface area contributed by atoms with Gasteiger partial charge in [0.25, 0.3) is 0 Å². The summed E-state index contributed by atoms with van der Waals surface area (Å²) in [5.74, 6) is 0.616. The fraction of sp³-hybridized carbons (Fsp3) is 0.250. The van der Waals surface area contributed by atoms with E-state index in [1.165, 1.54) is 49.4 Å². The Morgan fingerprint density at radius 2 is 1.11 bits per heavy atom. The number of benzene rings is 3. The molecule has 0 unspecified atom stereocenters. The van der Waals surface area contributed by atoms with Crippen molar-refractivity contribution in [1.82, 2.24) is 0 Å². The van der Waals surface area contributed by atoms with Gasteiger partial charge in [-0.3, -0.25) is 0 Å². The monoisotopic (exact) mass is 609 g/mol. The molecule has 0 heterocycles. The van der Waals surface area contributed by atoms with Crippen molar-refractivity contribution in [1.29, 1.82) is 0 Å². The molecule has 0 aromatic heterocycles. The molecule has 4 heteroatoms. The van der Waals surface area contributed by atoms with Gasteiger partial charge >= 0.3 is 26.2 Å². The SMILES string of the molecule is CC.C[Si].Cc1cc2c(-c3ccccc3)cccc2[cH-]1.Cc1cc2c(C(C)C)cccc2[cH-]1.[Cl-].[Cl-].[Zr+4]. The molecule has 5 aromatic carbocycles. The van der Waals surface area contributed by atoms with Crippen LogP contribution in [0.2, 0.25) is 6.55 Å². The summed E-state index contributed by atoms with van der Waals surface area (Å²) in [5.41, 5.74) is 6.77. The van der Waals surface area contributed by atoms with E-state index in [0.717, 1.165) is 0 Å². The summed E-state index contributed by atoms with van der Waals surface area (Å²) in [6, 6.07) is 32.7. The molecule has 0 aliphatic rings. The maximum absolute atomic E-state index is 2.97. The van der Waals surface area contributed by atoms with Crippen molar-refractivity contribution >= 4 is 31.8 Å². The summed E-state index contributed by atoms with van der Waals surface area (Å²) < 4.78 is 0. The van der Waals surface area contributed by atoms with Crippen LogP contribution in [0.4, 0.5) is 0 Å². The van der Waals surface area contributed by atoms with Gasteiger partial charge in [-0.1, -0.05) is 102 Å². The molecule has 0 atom stereocenters. The second-order valence-electron chi connectivity index (χ2n) is 8.24. The van der Waals surface area contributed by atoms with Gasteiger partial charge in [-0.2, -0.15) is 12.1 Å². The molecule has 0 bridgehead atoms. The minimum atomic E-state index is 0. The number of fused-ring (bicyclic) bond motifs is 2. The van der Waals surface area contributed by atoms with Gasteiger partial charge in [0.05, 0.1) is 0 Å². The zero-order valence-corrected chi connectivity index (χ0v) is 27.5. The van der Waals surface area contributed by atoms with Crippen LogP contribution in [-0.2, 0) is 26.2 Å². The molecular weight excluding hydrogens is 575 g/mol. The van der Waals surface area contributed by atoms with Crippen molar-refractivity contribution in [3.63, 3.8) is 0 Å². The van der Waals surface area contributed by atoms with E-state index in [-0.39, 0.29) is 51.0 Å². The van der Waals surface area contributed by atoms with Crippen LogP contribution in [0.3, 0.4) is 0 Å². The molecule has 0 fully saturated rings. The summed E-state index contributed by atoms with van der Waals surface area (Å²) >= 11 is 0. The van der Waals surface area contributed by atoms with E-state index >= 15 is 0 Å². The molecule has 0 aliphatic heterocycles. The Balaban J connectivity index is 0. The molecule has 0 spiro atoms. The quantitative estimate of drug-likeness (QED) is 0.211. The molecule has 0 amide bonds. The number of halogens is 2. The van der Waals surface area contributed by atoms with E-state index < -0.39 is 0 Å². The zero-order valence-electron chi connectivity index (χ0n) is 22.5. The predicted octanol–water partition coefficient (Wildman–Crippen LogP) is 3.76. The second kappa shape index (κ2) is 18.8. The zero-order chi connectivity index (χ0) is 24.4. The van der Waals surface area contributed by atoms with Crippen LogP contribution in [0.15, 0.2) is 91.0 Å². The largest absolute Gasteiger partial charge is 4.00 e. The van der Waals surface area contributed by atoms with Crippen LogP contribution in [-0.4, -0.2) is 10.2 Å². The summed E-state index contributed by atoms with van der Waals surface area (Å²) in [6.07, 6.45) is 0. The average molecular weight is 612 g/mol. The molecule has 0 saturated carbocycles. The van der Waals surface area contributed by atoms with E-state index in [0.29, 0.717) is 5.92 Å². The van der Waals surface area contributed by atoms with Crippen LogP contribution >= 0.6 is 0 Å². The fourth-order valence-electron chi connectivity index (χ4n) is 4.17. The van der Waals surface area contributed by atoms with Gasteiger partial charge in [-0.05, 0) is 11.5 Å². The van der Waals surface area contributed by atoms with Gasteiger partial charge in [-0.25, -0.2) is 0 Å². The normalized spacial score (nSPS) is 9.25. The fourth-order valence-corrected chi connectivity index (χ4v) is 4.17. The van der Waals surface area contributed by atoms with Crippen molar-refractivity contribution in [3.8, 4) is 11.1 Å². The first-order chi connectivity index (χ1) is 16.0. The summed E-state index contributed by atoms with van der Waals surface area (Å²) in [7, 11) is 2.97. The summed E-state index contributed by atoms with van der Waals surface area (Å²) in [6.45, 7) is 14.6. The van der Waals surface area contributed by atoms with Crippen molar-refractivity contribution in [2.24, 2.45) is 0 Å². The first-order valence-electron chi connectivity index (χ1n) is 11.9. The van der Waals surface area contributed by atoms with Gasteiger partial charge in [-0.15, -0.1) is 69.1 Å². The van der Waals surface area contributed by atoms with Crippen molar-refractivity contribution < 1.29 is 51.0 Å². The van der Waals surface area contributed by atoms with Crippen LogP contribution in [0.5, 0.6) is 0 Å². The Bertz CT molecular complexity index is 1250. The van der Waals surface area contributed by atoms with Gasteiger partial charge < -0.3 is 24.8 Å². The first-order valence-corrected chi connectivity index (χ1v) is 12.9. The molecule has 36 heavy (non-hydrogen) atoms. The number of aryl methyl sites for hydroxylation is 2. The van der Waals surface area contributed by atoms with E-state index in [1.807, 2.05) is 13.8 Å². The van der Waals surface area contributed by atoms with Gasteiger partial charge in [0.1, 0.15) is 0 Å². The summed E-state index contributed by atoms with van der Waals surface area (Å²) in [5, 5.41) is 5.49. The van der Waals surface area contributed by atoms with E-state index in [9.17, 15) is 0 Å². The van der Waals surface area contributed by atoms with Crippen molar-refractivity contribution in [2.75, 3.05) is 0 Å². The van der Waals surface area contributed by atoms with Gasteiger partial charge in [0, 0.05) is 10.2 Å². The van der Waals surface area contributed by atoms with Crippen molar-refractivity contribution in [3.05, 3.63) is 108 Å². The van der Waals surface area contributed by atoms with Gasteiger partial charge in [0.2, 0.25) is 0 Å². The average Bonchev–Trinajstić information content (AvgIpc) is 3.42. The molecule has 187 valence electrons. The van der Waals surface area contributed by atoms with E-state index in [4.69, 9.17) is 0 Å². The van der Waals surface area contributed by atoms with Crippen LogP contribution < -0.4 is 24.8 Å². The molecule has 0 nitrogen and oxygen atoms in total. The Hall–Kier alpha value is -1.44. The molecule has 0 aliphatic carbocycles. The number of rotatable bonds is 2. The van der Waals surface area contributed by atoms with Crippen molar-refractivity contribution in [2.45, 2.75) is 54.0 Å². The van der Waals surface area contributed by atoms with E-state index in [1.54, 1.807) is 6.55 Å². The third-order valence-corrected chi connectivity index (χ3v) is 5.53. The minimum Gasteiger partial charge on any atom is -1.00 e. The smallest absolute Gasteiger partial charge is 1.00 e. The molecule has 5 rings (SSSR count). The first kappa shape index (κ1) is 36.7. The Morgan fingerprint density at radius 3 is 1.64 bits per heavy atom. The molecule has 0 N–H and O–H groups in total. The standard InChI is InChI=1S/C16H13.C13H15.C2H6.CH3Si.2ClH.Zr/c1-12-10-14-8-5-9-15(16(14)11-12)13-6-3-2-4-7-13;1-9(2)12-6-4-5-11-7-10(3)8-13(11)12;2*1-2;;;/h2-11H,1H3;4-9H,1-3H3;1-2H3;1H3;2*1H;/q2*-1;;;;;+4/p-2.